The van der Waals surface area contributed by atoms with E-state index in [2.05, 4.69) is 23.0 Å². The molecular weight excluding hydrogens is 374 g/mol. The molecule has 0 bridgehead atoms. The molecule has 0 aromatic heterocycles. The largest absolute Gasteiger partial charge is 0.348 e. The molecule has 166 valence electrons. The highest BCUT2D eigenvalue weighted by atomic mass is 16.7. The molecule has 0 saturated carbocycles. The fourth-order valence-electron chi connectivity index (χ4n) is 3.83. The number of allylic oxidation sites excluding steroid dienone is 1. The zero-order valence-electron chi connectivity index (χ0n) is 18.6. The van der Waals surface area contributed by atoms with Crippen LogP contribution in [0.5, 0.6) is 0 Å². The second-order valence-electron chi connectivity index (χ2n) is 8.20. The molecule has 5 nitrogen and oxygen atoms in total. The third-order valence-corrected chi connectivity index (χ3v) is 5.65. The number of hydrogen-bond donors (Lipinski definition) is 0. The standard InChI is InChI=1S/C25H39N3O2/c1-2-3-4-5-6-7-8-9-10-11-12-13-17-20-24-23(27-28-26)21-29-25(30-24)22-18-15-14-16-19-22/h14-20,23-25H,2-13,21H2,1H3/b20-17+/t23-,24-,25+/m0/s1. The monoisotopic (exact) mass is 413 g/mol. The molecule has 1 aromatic rings. The maximum atomic E-state index is 8.83. The van der Waals surface area contributed by atoms with E-state index in [0.29, 0.717) is 6.61 Å². The summed E-state index contributed by atoms with van der Waals surface area (Å²) in [6, 6.07) is 9.58. The lowest BCUT2D eigenvalue weighted by atomic mass is 10.0. The molecule has 1 aliphatic heterocycles. The predicted molar refractivity (Wildman–Crippen MR) is 123 cm³/mol. The lowest BCUT2D eigenvalue weighted by Crippen LogP contribution is -2.37. The van der Waals surface area contributed by atoms with E-state index in [1.54, 1.807) is 0 Å². The highest BCUT2D eigenvalue weighted by molar-refractivity contribution is 5.17. The van der Waals surface area contributed by atoms with E-state index in [9.17, 15) is 0 Å². The van der Waals surface area contributed by atoms with Crippen LogP contribution >= 0.6 is 0 Å². The van der Waals surface area contributed by atoms with Crippen LogP contribution in [0, 0.1) is 0 Å². The van der Waals surface area contributed by atoms with Crippen LogP contribution in [0.15, 0.2) is 47.6 Å². The van der Waals surface area contributed by atoms with Crippen LogP contribution in [-0.2, 0) is 9.47 Å². The van der Waals surface area contributed by atoms with Gasteiger partial charge in [-0.3, -0.25) is 0 Å². The van der Waals surface area contributed by atoms with Crippen molar-refractivity contribution in [1.82, 2.24) is 0 Å². The third-order valence-electron chi connectivity index (χ3n) is 5.65. The van der Waals surface area contributed by atoms with Crippen molar-refractivity contribution in [3.8, 4) is 0 Å². The van der Waals surface area contributed by atoms with Gasteiger partial charge in [-0.05, 0) is 18.4 Å². The van der Waals surface area contributed by atoms with Gasteiger partial charge in [0, 0.05) is 10.5 Å². The van der Waals surface area contributed by atoms with Crippen LogP contribution < -0.4 is 0 Å². The summed E-state index contributed by atoms with van der Waals surface area (Å²) in [4.78, 5) is 2.95. The topological polar surface area (TPSA) is 67.2 Å². The van der Waals surface area contributed by atoms with Crippen LogP contribution in [0.3, 0.4) is 0 Å². The molecular formula is C25H39N3O2. The van der Waals surface area contributed by atoms with Crippen LogP contribution in [0.1, 0.15) is 95.8 Å². The molecule has 3 atom stereocenters. The highest BCUT2D eigenvalue weighted by Crippen LogP contribution is 2.28. The Hall–Kier alpha value is -1.81. The van der Waals surface area contributed by atoms with Crippen molar-refractivity contribution >= 4 is 0 Å². The minimum absolute atomic E-state index is 0.243. The minimum Gasteiger partial charge on any atom is -0.348 e. The quantitative estimate of drug-likeness (QED) is 0.0959. The summed E-state index contributed by atoms with van der Waals surface area (Å²) in [6.07, 6.45) is 19.5. The normalized spacial score (nSPS) is 21.6. The Bertz CT molecular complexity index is 629. The van der Waals surface area contributed by atoms with Crippen LogP contribution in [0.25, 0.3) is 10.4 Å². The number of rotatable bonds is 15. The average molecular weight is 414 g/mol. The van der Waals surface area contributed by atoms with Crippen molar-refractivity contribution in [2.24, 2.45) is 5.11 Å². The Labute approximate surface area is 182 Å². The first-order valence-corrected chi connectivity index (χ1v) is 11.9. The molecule has 1 saturated heterocycles. The van der Waals surface area contributed by atoms with E-state index in [1.165, 1.54) is 70.6 Å². The second kappa shape index (κ2) is 16.0. The van der Waals surface area contributed by atoms with Gasteiger partial charge in [0.2, 0.25) is 0 Å². The van der Waals surface area contributed by atoms with E-state index in [-0.39, 0.29) is 12.1 Å². The zero-order valence-corrected chi connectivity index (χ0v) is 18.6. The average Bonchev–Trinajstić information content (AvgIpc) is 2.78. The predicted octanol–water partition coefficient (Wildman–Crippen LogP) is 8.04. The van der Waals surface area contributed by atoms with Crippen molar-refractivity contribution in [2.75, 3.05) is 6.61 Å². The summed E-state index contributed by atoms with van der Waals surface area (Å²) in [6.45, 7) is 2.64. The number of ether oxygens (including phenoxy) is 2. The Morgan fingerprint density at radius 1 is 0.967 bits per heavy atom. The number of nitrogens with zero attached hydrogens (tertiary/aromatic N) is 3. The van der Waals surface area contributed by atoms with E-state index >= 15 is 0 Å². The number of hydrogen-bond acceptors (Lipinski definition) is 3. The van der Waals surface area contributed by atoms with E-state index in [4.69, 9.17) is 15.0 Å². The molecule has 30 heavy (non-hydrogen) atoms. The maximum absolute atomic E-state index is 8.83. The summed E-state index contributed by atoms with van der Waals surface area (Å²) in [5.74, 6) is 0. The summed E-state index contributed by atoms with van der Waals surface area (Å²) in [7, 11) is 0. The van der Waals surface area contributed by atoms with Gasteiger partial charge in [-0.25, -0.2) is 0 Å². The van der Waals surface area contributed by atoms with Crippen molar-refractivity contribution in [2.45, 2.75) is 102 Å². The summed E-state index contributed by atoms with van der Waals surface area (Å²) in [5, 5.41) is 3.85. The van der Waals surface area contributed by atoms with E-state index in [0.717, 1.165) is 12.0 Å². The second-order valence-corrected chi connectivity index (χ2v) is 8.20. The SMILES string of the molecule is CCCCCCCCCCCCC/C=C/[C@@H]1O[C@H](c2ccccc2)OC[C@@H]1N=[N+]=[N-]. The van der Waals surface area contributed by atoms with Gasteiger partial charge in [-0.15, -0.1) is 0 Å². The Balaban J connectivity index is 1.61. The molecule has 5 heteroatoms. The Morgan fingerprint density at radius 2 is 1.60 bits per heavy atom. The van der Waals surface area contributed by atoms with Crippen molar-refractivity contribution in [3.05, 3.63) is 58.5 Å². The first kappa shape index (κ1) is 24.5. The van der Waals surface area contributed by atoms with Gasteiger partial charge in [0.25, 0.3) is 0 Å². The molecule has 0 radical (unpaired) electrons. The number of unbranched alkanes of at least 4 members (excludes halogenated alkanes) is 11. The van der Waals surface area contributed by atoms with Crippen molar-refractivity contribution in [3.63, 3.8) is 0 Å². The van der Waals surface area contributed by atoms with Crippen molar-refractivity contribution < 1.29 is 9.47 Å². The maximum Gasteiger partial charge on any atom is 0.184 e. The first-order valence-electron chi connectivity index (χ1n) is 11.9. The van der Waals surface area contributed by atoms with Crippen molar-refractivity contribution in [1.29, 1.82) is 0 Å². The molecule has 0 N–H and O–H groups in total. The fraction of sp³-hybridized carbons (Fsp3) is 0.680. The van der Waals surface area contributed by atoms with Gasteiger partial charge in [-0.1, -0.05) is 119 Å². The molecule has 0 aliphatic carbocycles. The van der Waals surface area contributed by atoms with E-state index < -0.39 is 6.29 Å². The first-order chi connectivity index (χ1) is 14.8. The smallest absolute Gasteiger partial charge is 0.184 e. The molecule has 1 fully saturated rings. The third kappa shape index (κ3) is 9.80. The molecule has 0 amide bonds. The van der Waals surface area contributed by atoms with Crippen LogP contribution in [-0.4, -0.2) is 18.8 Å². The molecule has 2 rings (SSSR count). The van der Waals surface area contributed by atoms with Crippen LogP contribution in [0.2, 0.25) is 0 Å². The van der Waals surface area contributed by atoms with Gasteiger partial charge in [0.05, 0.1) is 18.8 Å². The molecule has 1 heterocycles. The minimum atomic E-state index is -0.409. The molecule has 0 spiro atoms. The lowest BCUT2D eigenvalue weighted by molar-refractivity contribution is -0.212. The summed E-state index contributed by atoms with van der Waals surface area (Å²) in [5.41, 5.74) is 9.81. The van der Waals surface area contributed by atoms with Gasteiger partial charge in [-0.2, -0.15) is 0 Å². The highest BCUT2D eigenvalue weighted by Gasteiger charge is 2.30. The lowest BCUT2D eigenvalue weighted by Gasteiger charge is -2.33. The van der Waals surface area contributed by atoms with Gasteiger partial charge in [0.1, 0.15) is 0 Å². The van der Waals surface area contributed by atoms with Gasteiger partial charge >= 0.3 is 0 Å². The number of azide groups is 1. The van der Waals surface area contributed by atoms with E-state index in [1.807, 2.05) is 36.4 Å². The van der Waals surface area contributed by atoms with Crippen LogP contribution in [0.4, 0.5) is 0 Å². The molecule has 1 aliphatic rings. The summed E-state index contributed by atoms with van der Waals surface area (Å²) < 4.78 is 11.8. The molecule has 0 unspecified atom stereocenters. The Morgan fingerprint density at radius 3 is 2.23 bits per heavy atom. The summed E-state index contributed by atoms with van der Waals surface area (Å²) >= 11 is 0. The number of benzene rings is 1. The fourth-order valence-corrected chi connectivity index (χ4v) is 3.83. The van der Waals surface area contributed by atoms with Gasteiger partial charge in [0.15, 0.2) is 6.29 Å². The molecule has 1 aromatic carbocycles. The zero-order chi connectivity index (χ0) is 21.3. The Kier molecular flexibility index (Phi) is 13.0. The van der Waals surface area contributed by atoms with Gasteiger partial charge < -0.3 is 9.47 Å².